The molecule has 0 amide bonds. The van der Waals surface area contributed by atoms with Crippen LogP contribution in [0.15, 0.2) is 64.9 Å². The minimum Gasteiger partial charge on any atom is -0.199 e. The van der Waals surface area contributed by atoms with E-state index in [4.69, 9.17) is 0 Å². The van der Waals surface area contributed by atoms with Crippen LogP contribution in [0.4, 0.5) is 0 Å². The van der Waals surface area contributed by atoms with Crippen molar-refractivity contribution in [3.8, 4) is 11.4 Å². The first-order valence-electron chi connectivity index (χ1n) is 7.10. The second-order valence-corrected chi connectivity index (χ2v) is 6.12. The lowest BCUT2D eigenvalue weighted by Gasteiger charge is -2.11. The molecule has 0 spiro atoms. The number of hydrogen-bond donors (Lipinski definition) is 0. The predicted molar refractivity (Wildman–Crippen MR) is 89.3 cm³/mol. The van der Waals surface area contributed by atoms with E-state index >= 15 is 0 Å². The highest BCUT2D eigenvalue weighted by atomic mass is 32.2. The summed E-state index contributed by atoms with van der Waals surface area (Å²) in [6.07, 6.45) is 0. The number of fused-ring (bicyclic) bond motifs is 1. The first-order valence-corrected chi connectivity index (χ1v) is 8.08. The zero-order valence-corrected chi connectivity index (χ0v) is 12.9. The van der Waals surface area contributed by atoms with Crippen molar-refractivity contribution < 1.29 is 0 Å². The van der Waals surface area contributed by atoms with Crippen LogP contribution in [0, 0.1) is 6.92 Å². The fourth-order valence-electron chi connectivity index (χ4n) is 2.40. The third-order valence-electron chi connectivity index (χ3n) is 3.50. The Balaban J connectivity index is 1.73. The van der Waals surface area contributed by atoms with E-state index in [1.165, 1.54) is 5.56 Å². The van der Waals surface area contributed by atoms with E-state index in [-0.39, 0.29) is 0 Å². The highest BCUT2D eigenvalue weighted by Gasteiger charge is 2.18. The van der Waals surface area contributed by atoms with E-state index in [0.717, 1.165) is 33.6 Å². The first kappa shape index (κ1) is 13.3. The number of nitrogens with zero attached hydrogens (tertiary/aromatic N) is 4. The molecule has 3 aromatic rings. The van der Waals surface area contributed by atoms with Crippen molar-refractivity contribution in [3.63, 3.8) is 0 Å². The van der Waals surface area contributed by atoms with Crippen molar-refractivity contribution in [1.82, 2.24) is 14.9 Å². The molecule has 0 radical (unpaired) electrons. The summed E-state index contributed by atoms with van der Waals surface area (Å²) >= 11 is 1.67. The van der Waals surface area contributed by atoms with Gasteiger partial charge in [0.05, 0.1) is 5.71 Å². The van der Waals surface area contributed by atoms with Gasteiger partial charge >= 0.3 is 0 Å². The largest absolute Gasteiger partial charge is 0.211 e. The zero-order valence-electron chi connectivity index (χ0n) is 12.1. The summed E-state index contributed by atoms with van der Waals surface area (Å²) in [5.74, 6) is 1.54. The summed E-state index contributed by atoms with van der Waals surface area (Å²) in [5.41, 5.74) is 4.39. The standard InChI is InChI=1S/C17H14N4S/c1-12-6-5-9-14(10-12)16-18-17-21(20-16)19-15(11-22-17)13-7-3-2-4-8-13/h2-10H,11H2,1H3. The molecule has 0 unspecified atom stereocenters. The van der Waals surface area contributed by atoms with Gasteiger partial charge in [0.25, 0.3) is 0 Å². The summed E-state index contributed by atoms with van der Waals surface area (Å²) in [4.78, 5) is 6.24. The molecule has 0 fully saturated rings. The minimum atomic E-state index is 0.726. The van der Waals surface area contributed by atoms with Crippen LogP contribution in [0.1, 0.15) is 11.1 Å². The summed E-state index contributed by atoms with van der Waals surface area (Å²) in [6.45, 7) is 2.07. The van der Waals surface area contributed by atoms with Gasteiger partial charge in [-0.15, -0.1) is 9.89 Å². The first-order chi connectivity index (χ1) is 10.8. The molecular weight excluding hydrogens is 292 g/mol. The van der Waals surface area contributed by atoms with Crippen LogP contribution in [-0.2, 0) is 0 Å². The molecule has 1 aliphatic heterocycles. The van der Waals surface area contributed by atoms with Gasteiger partial charge in [-0.2, -0.15) is 10.1 Å². The zero-order chi connectivity index (χ0) is 14.9. The Morgan fingerprint density at radius 3 is 2.64 bits per heavy atom. The van der Waals surface area contributed by atoms with E-state index in [9.17, 15) is 0 Å². The molecule has 22 heavy (non-hydrogen) atoms. The maximum Gasteiger partial charge on any atom is 0.211 e. The highest BCUT2D eigenvalue weighted by molar-refractivity contribution is 7.99. The average molecular weight is 306 g/mol. The maximum absolute atomic E-state index is 4.62. The number of aromatic nitrogens is 3. The van der Waals surface area contributed by atoms with Gasteiger partial charge in [0.15, 0.2) is 5.82 Å². The van der Waals surface area contributed by atoms with Crippen molar-refractivity contribution in [2.75, 3.05) is 5.75 Å². The van der Waals surface area contributed by atoms with Gasteiger partial charge in [-0.1, -0.05) is 65.9 Å². The Labute approximate surface area is 132 Å². The van der Waals surface area contributed by atoms with Crippen molar-refractivity contribution >= 4 is 17.5 Å². The molecule has 0 saturated carbocycles. The molecule has 0 bridgehead atoms. The summed E-state index contributed by atoms with van der Waals surface area (Å²) in [5, 5.41) is 10.0. The molecule has 5 heteroatoms. The smallest absolute Gasteiger partial charge is 0.199 e. The lowest BCUT2D eigenvalue weighted by atomic mass is 10.1. The van der Waals surface area contributed by atoms with Crippen molar-refractivity contribution in [2.24, 2.45) is 5.10 Å². The Bertz CT molecular complexity index is 852. The number of thioether (sulfide) groups is 1. The lowest BCUT2D eigenvalue weighted by Crippen LogP contribution is -2.13. The Morgan fingerprint density at radius 2 is 1.82 bits per heavy atom. The second kappa shape index (κ2) is 5.42. The van der Waals surface area contributed by atoms with Gasteiger partial charge in [-0.05, 0) is 18.6 Å². The van der Waals surface area contributed by atoms with E-state index in [2.05, 4.69) is 46.4 Å². The van der Waals surface area contributed by atoms with Crippen molar-refractivity contribution in [1.29, 1.82) is 0 Å². The molecule has 108 valence electrons. The highest BCUT2D eigenvalue weighted by Crippen LogP contribution is 2.26. The fourth-order valence-corrected chi connectivity index (χ4v) is 3.24. The molecule has 4 rings (SSSR count). The van der Waals surface area contributed by atoms with E-state index in [1.807, 2.05) is 30.3 Å². The summed E-state index contributed by atoms with van der Waals surface area (Å²) in [7, 11) is 0. The number of rotatable bonds is 2. The lowest BCUT2D eigenvalue weighted by molar-refractivity contribution is 0.659. The Morgan fingerprint density at radius 1 is 1.00 bits per heavy atom. The van der Waals surface area contributed by atoms with Gasteiger partial charge in [0, 0.05) is 11.3 Å². The fraction of sp³-hybridized carbons (Fsp3) is 0.118. The van der Waals surface area contributed by atoms with Crippen LogP contribution in [0.2, 0.25) is 0 Å². The molecule has 1 aromatic heterocycles. The molecular formula is C17H14N4S. The Kier molecular flexibility index (Phi) is 3.27. The van der Waals surface area contributed by atoms with Crippen LogP contribution >= 0.6 is 11.8 Å². The number of hydrogen-bond acceptors (Lipinski definition) is 4. The summed E-state index contributed by atoms with van der Waals surface area (Å²) in [6, 6.07) is 18.4. The van der Waals surface area contributed by atoms with Crippen LogP contribution in [0.3, 0.4) is 0 Å². The van der Waals surface area contributed by atoms with Crippen LogP contribution in [-0.4, -0.2) is 26.3 Å². The third-order valence-corrected chi connectivity index (χ3v) is 4.43. The molecule has 0 N–H and O–H groups in total. The summed E-state index contributed by atoms with van der Waals surface area (Å²) < 4.78 is 0. The van der Waals surface area contributed by atoms with Gasteiger partial charge in [-0.25, -0.2) is 0 Å². The maximum atomic E-state index is 4.62. The normalized spacial score (nSPS) is 13.6. The topological polar surface area (TPSA) is 43.1 Å². The molecule has 2 heterocycles. The quantitative estimate of drug-likeness (QED) is 0.726. The molecule has 4 nitrogen and oxygen atoms in total. The Hall–Kier alpha value is -2.40. The number of benzene rings is 2. The second-order valence-electron chi connectivity index (χ2n) is 5.18. The van der Waals surface area contributed by atoms with E-state index < -0.39 is 0 Å². The average Bonchev–Trinajstić information content (AvgIpc) is 2.99. The molecule has 0 aliphatic carbocycles. The number of aryl methyl sites for hydroxylation is 1. The molecule has 0 saturated heterocycles. The molecule has 2 aromatic carbocycles. The van der Waals surface area contributed by atoms with Crippen LogP contribution < -0.4 is 0 Å². The molecule has 1 aliphatic rings. The van der Waals surface area contributed by atoms with Gasteiger partial charge in [0.1, 0.15) is 0 Å². The minimum absolute atomic E-state index is 0.726. The van der Waals surface area contributed by atoms with Crippen LogP contribution in [0.5, 0.6) is 0 Å². The third kappa shape index (κ3) is 2.44. The van der Waals surface area contributed by atoms with Gasteiger partial charge in [0.2, 0.25) is 5.16 Å². The van der Waals surface area contributed by atoms with Gasteiger partial charge < -0.3 is 0 Å². The van der Waals surface area contributed by atoms with E-state index in [0.29, 0.717) is 0 Å². The van der Waals surface area contributed by atoms with Crippen molar-refractivity contribution in [3.05, 3.63) is 65.7 Å². The van der Waals surface area contributed by atoms with Gasteiger partial charge in [-0.3, -0.25) is 0 Å². The molecule has 0 atom stereocenters. The predicted octanol–water partition coefficient (Wildman–Crippen LogP) is 3.61. The van der Waals surface area contributed by atoms with E-state index in [1.54, 1.807) is 16.6 Å². The monoisotopic (exact) mass is 306 g/mol. The van der Waals surface area contributed by atoms with Crippen molar-refractivity contribution in [2.45, 2.75) is 12.1 Å². The SMILES string of the molecule is Cc1cccc(-c2nc3n(n2)N=C(c2ccccc2)CS3)c1. The van der Waals surface area contributed by atoms with Crippen LogP contribution in [0.25, 0.3) is 11.4 Å².